The lowest BCUT2D eigenvalue weighted by molar-refractivity contribution is -0.138. The van der Waals surface area contributed by atoms with Crippen LogP contribution in [0.2, 0.25) is 0 Å². The number of urea groups is 1. The summed E-state index contributed by atoms with van der Waals surface area (Å²) >= 11 is 0. The maximum atomic E-state index is 11.4. The molecular weight excluding hydrogens is 196 g/mol. The largest absolute Gasteiger partial charge is 0.480 e. The van der Waals surface area contributed by atoms with E-state index in [2.05, 4.69) is 19.2 Å². The lowest BCUT2D eigenvalue weighted by Gasteiger charge is -2.20. The first-order chi connectivity index (χ1) is 6.84. The van der Waals surface area contributed by atoms with E-state index in [9.17, 15) is 9.59 Å². The quantitative estimate of drug-likeness (QED) is 0.724. The molecule has 15 heavy (non-hydrogen) atoms. The van der Waals surface area contributed by atoms with Crippen LogP contribution in [-0.4, -0.2) is 41.6 Å². The molecule has 2 amide bonds. The summed E-state index contributed by atoms with van der Waals surface area (Å²) in [6.07, 6.45) is 0.908. The van der Waals surface area contributed by atoms with Crippen molar-refractivity contribution in [1.82, 2.24) is 10.2 Å². The fourth-order valence-corrected chi connectivity index (χ4v) is 0.911. The second kappa shape index (κ2) is 6.27. The molecule has 0 radical (unpaired) electrons. The third kappa shape index (κ3) is 5.93. The summed E-state index contributed by atoms with van der Waals surface area (Å²) < 4.78 is 0. The number of nitrogens with zero attached hydrogens (tertiary/aromatic N) is 1. The summed E-state index contributed by atoms with van der Waals surface area (Å²) in [6, 6.07) is -1.19. The van der Waals surface area contributed by atoms with Crippen molar-refractivity contribution >= 4 is 12.0 Å². The first-order valence-corrected chi connectivity index (χ1v) is 5.09. The van der Waals surface area contributed by atoms with Crippen LogP contribution in [0.25, 0.3) is 0 Å². The van der Waals surface area contributed by atoms with Crippen molar-refractivity contribution in [2.24, 2.45) is 5.92 Å². The molecule has 0 aromatic heterocycles. The zero-order chi connectivity index (χ0) is 12.0. The van der Waals surface area contributed by atoms with Gasteiger partial charge in [0.2, 0.25) is 0 Å². The van der Waals surface area contributed by atoms with Gasteiger partial charge in [-0.1, -0.05) is 13.8 Å². The molecule has 0 aromatic rings. The zero-order valence-corrected chi connectivity index (χ0v) is 9.78. The number of aliphatic carboxylic acids is 1. The number of carbonyl (C=O) groups excluding carboxylic acids is 1. The van der Waals surface area contributed by atoms with E-state index in [0.717, 1.165) is 6.42 Å². The third-order valence-corrected chi connectivity index (χ3v) is 2.10. The fraction of sp³-hybridized carbons (Fsp3) is 0.800. The maximum Gasteiger partial charge on any atom is 0.325 e. The van der Waals surface area contributed by atoms with Gasteiger partial charge in [0.15, 0.2) is 0 Å². The van der Waals surface area contributed by atoms with Gasteiger partial charge < -0.3 is 15.3 Å². The Bertz CT molecular complexity index is 229. The molecule has 5 heteroatoms. The van der Waals surface area contributed by atoms with Gasteiger partial charge in [0.25, 0.3) is 0 Å². The molecule has 0 aromatic carbocycles. The molecule has 0 fully saturated rings. The highest BCUT2D eigenvalue weighted by Crippen LogP contribution is 2.00. The molecule has 2 N–H and O–H groups in total. The number of hydrogen-bond donors (Lipinski definition) is 2. The Morgan fingerprint density at radius 3 is 2.27 bits per heavy atom. The lowest BCUT2D eigenvalue weighted by Crippen LogP contribution is -2.45. The molecule has 88 valence electrons. The van der Waals surface area contributed by atoms with Crippen LogP contribution in [0.3, 0.4) is 0 Å². The van der Waals surface area contributed by atoms with Gasteiger partial charge in [-0.3, -0.25) is 4.79 Å². The summed E-state index contributed by atoms with van der Waals surface area (Å²) in [4.78, 5) is 23.4. The van der Waals surface area contributed by atoms with E-state index >= 15 is 0 Å². The van der Waals surface area contributed by atoms with E-state index in [1.807, 2.05) is 0 Å². The first kappa shape index (κ1) is 13.7. The number of nitrogens with one attached hydrogen (secondary N) is 1. The summed E-state index contributed by atoms with van der Waals surface area (Å²) in [7, 11) is 1.66. The Hall–Kier alpha value is -1.26. The van der Waals surface area contributed by atoms with Crippen molar-refractivity contribution in [3.63, 3.8) is 0 Å². The normalized spacial score (nSPS) is 12.3. The van der Waals surface area contributed by atoms with Gasteiger partial charge in [0.1, 0.15) is 6.04 Å². The number of rotatable bonds is 5. The fourth-order valence-electron chi connectivity index (χ4n) is 0.911. The predicted molar refractivity (Wildman–Crippen MR) is 57.7 cm³/mol. The van der Waals surface area contributed by atoms with Crippen molar-refractivity contribution in [2.45, 2.75) is 33.2 Å². The van der Waals surface area contributed by atoms with Crippen LogP contribution >= 0.6 is 0 Å². The Labute approximate surface area is 90.5 Å². The molecule has 0 rings (SSSR count). The topological polar surface area (TPSA) is 69.6 Å². The molecule has 0 unspecified atom stereocenters. The van der Waals surface area contributed by atoms with Gasteiger partial charge in [-0.25, -0.2) is 4.79 Å². The van der Waals surface area contributed by atoms with Gasteiger partial charge in [-0.2, -0.15) is 0 Å². The summed E-state index contributed by atoms with van der Waals surface area (Å²) in [6.45, 7) is 6.23. The summed E-state index contributed by atoms with van der Waals surface area (Å²) in [5.74, 6) is -0.502. The highest BCUT2D eigenvalue weighted by Gasteiger charge is 2.16. The Morgan fingerprint density at radius 1 is 1.33 bits per heavy atom. The molecule has 0 heterocycles. The monoisotopic (exact) mass is 216 g/mol. The van der Waals surface area contributed by atoms with Crippen LogP contribution in [0, 0.1) is 5.92 Å². The zero-order valence-electron chi connectivity index (χ0n) is 9.78. The maximum absolute atomic E-state index is 11.4. The smallest absolute Gasteiger partial charge is 0.325 e. The van der Waals surface area contributed by atoms with Crippen LogP contribution in [0.1, 0.15) is 27.2 Å². The molecule has 0 aliphatic rings. The highest BCUT2D eigenvalue weighted by molar-refractivity contribution is 5.82. The second-order valence-electron chi connectivity index (χ2n) is 4.11. The third-order valence-electron chi connectivity index (χ3n) is 2.10. The van der Waals surface area contributed by atoms with E-state index < -0.39 is 12.0 Å². The van der Waals surface area contributed by atoms with E-state index in [0.29, 0.717) is 12.5 Å². The number of amides is 2. The summed E-state index contributed by atoms with van der Waals surface area (Å²) in [5.41, 5.74) is 0. The Morgan fingerprint density at radius 2 is 1.87 bits per heavy atom. The van der Waals surface area contributed by atoms with Crippen LogP contribution in [-0.2, 0) is 4.79 Å². The van der Waals surface area contributed by atoms with Crippen molar-refractivity contribution in [3.8, 4) is 0 Å². The van der Waals surface area contributed by atoms with E-state index in [4.69, 9.17) is 5.11 Å². The Kier molecular flexibility index (Phi) is 5.74. The average Bonchev–Trinajstić information content (AvgIpc) is 2.13. The van der Waals surface area contributed by atoms with Crippen LogP contribution in [0.4, 0.5) is 4.79 Å². The van der Waals surface area contributed by atoms with Crippen molar-refractivity contribution < 1.29 is 14.7 Å². The number of hydrogen-bond acceptors (Lipinski definition) is 2. The molecule has 5 nitrogen and oxygen atoms in total. The van der Waals surface area contributed by atoms with Crippen LogP contribution in [0.15, 0.2) is 0 Å². The molecule has 1 atom stereocenters. The molecule has 0 saturated carbocycles. The number of carbonyl (C=O) groups is 2. The van der Waals surface area contributed by atoms with Crippen molar-refractivity contribution in [1.29, 1.82) is 0 Å². The summed E-state index contributed by atoms with van der Waals surface area (Å²) in [5, 5.41) is 11.0. The minimum Gasteiger partial charge on any atom is -0.480 e. The number of carboxylic acid groups (broad SMARTS) is 1. The molecule has 0 aliphatic carbocycles. The van der Waals surface area contributed by atoms with Gasteiger partial charge in [0, 0.05) is 13.6 Å². The molecular formula is C10H20N2O3. The van der Waals surface area contributed by atoms with Crippen LogP contribution < -0.4 is 5.32 Å². The van der Waals surface area contributed by atoms with Gasteiger partial charge in [-0.05, 0) is 19.3 Å². The van der Waals surface area contributed by atoms with Gasteiger partial charge in [-0.15, -0.1) is 0 Å². The van der Waals surface area contributed by atoms with Gasteiger partial charge in [0.05, 0.1) is 0 Å². The average molecular weight is 216 g/mol. The molecule has 0 saturated heterocycles. The first-order valence-electron chi connectivity index (χ1n) is 5.09. The minimum absolute atomic E-state index is 0.342. The van der Waals surface area contributed by atoms with Gasteiger partial charge >= 0.3 is 12.0 Å². The SMILES string of the molecule is CC(C)CCN(C)C(=O)N[C@H](C)C(=O)O. The van der Waals surface area contributed by atoms with E-state index in [1.54, 1.807) is 7.05 Å². The standard InChI is InChI=1S/C10H20N2O3/c1-7(2)5-6-12(4)10(15)11-8(3)9(13)14/h7-8H,5-6H2,1-4H3,(H,11,15)(H,13,14)/t8-/m1/s1. The van der Waals surface area contributed by atoms with Crippen molar-refractivity contribution in [2.75, 3.05) is 13.6 Å². The predicted octanol–water partition coefficient (Wildman–Crippen LogP) is 1.15. The second-order valence-corrected chi connectivity index (χ2v) is 4.11. The van der Waals surface area contributed by atoms with Crippen LogP contribution in [0.5, 0.6) is 0 Å². The minimum atomic E-state index is -1.03. The molecule has 0 aliphatic heterocycles. The molecule has 0 spiro atoms. The van der Waals surface area contributed by atoms with E-state index in [1.165, 1.54) is 11.8 Å². The van der Waals surface area contributed by atoms with E-state index in [-0.39, 0.29) is 6.03 Å². The Balaban J connectivity index is 3.94. The van der Waals surface area contributed by atoms with Crippen molar-refractivity contribution in [3.05, 3.63) is 0 Å². The molecule has 0 bridgehead atoms. The lowest BCUT2D eigenvalue weighted by atomic mass is 10.1. The highest BCUT2D eigenvalue weighted by atomic mass is 16.4. The number of carboxylic acids is 1.